The maximum Gasteiger partial charge on any atom is 0.258 e. The number of halogens is 1. The van der Waals surface area contributed by atoms with E-state index in [4.69, 9.17) is 20.5 Å². The smallest absolute Gasteiger partial charge is 0.258 e. The van der Waals surface area contributed by atoms with Crippen molar-refractivity contribution in [1.29, 1.82) is 5.26 Å². The lowest BCUT2D eigenvalue weighted by Crippen LogP contribution is -2.30. The van der Waals surface area contributed by atoms with Crippen LogP contribution in [0.5, 0.6) is 17.4 Å². The Kier molecular flexibility index (Phi) is 6.98. The molecule has 3 N–H and O–H groups in total. The van der Waals surface area contributed by atoms with E-state index in [0.717, 1.165) is 6.07 Å². The third-order valence-corrected chi connectivity index (χ3v) is 4.37. The number of benzene rings is 2. The molecule has 0 aliphatic rings. The highest BCUT2D eigenvalue weighted by atomic mass is 19.1. The van der Waals surface area contributed by atoms with Crippen molar-refractivity contribution in [2.75, 3.05) is 0 Å². The molecule has 0 radical (unpaired) electrons. The quantitative estimate of drug-likeness (QED) is 0.561. The number of nitriles is 1. The number of ether oxygens (including phenoxy) is 2. The van der Waals surface area contributed by atoms with Gasteiger partial charge in [0.2, 0.25) is 5.88 Å². The molecule has 0 spiro atoms. The first kappa shape index (κ1) is 22.2. The van der Waals surface area contributed by atoms with Crippen molar-refractivity contribution >= 4 is 11.8 Å². The monoisotopic (exact) mass is 434 g/mol. The number of pyridine rings is 1. The van der Waals surface area contributed by atoms with Gasteiger partial charge in [-0.2, -0.15) is 5.26 Å². The SMILES string of the molecule is CC(Oc1ccc(CNC(=O)c2cccnc2Oc2cccc(C#N)c2)c(F)c1)C(N)=O. The molecule has 8 nitrogen and oxygen atoms in total. The van der Waals surface area contributed by atoms with E-state index in [0.29, 0.717) is 11.3 Å². The number of aromatic nitrogens is 1. The molecule has 3 rings (SSSR count). The summed E-state index contributed by atoms with van der Waals surface area (Å²) in [5.74, 6) is -1.27. The van der Waals surface area contributed by atoms with Gasteiger partial charge in [0.05, 0.1) is 11.6 Å². The molecule has 0 saturated carbocycles. The van der Waals surface area contributed by atoms with Crippen LogP contribution in [0.25, 0.3) is 0 Å². The van der Waals surface area contributed by atoms with Gasteiger partial charge in [0, 0.05) is 24.4 Å². The van der Waals surface area contributed by atoms with E-state index in [-0.39, 0.29) is 29.3 Å². The van der Waals surface area contributed by atoms with E-state index in [1.54, 1.807) is 24.3 Å². The second-order valence-corrected chi connectivity index (χ2v) is 6.70. The molecule has 1 atom stereocenters. The molecule has 9 heteroatoms. The summed E-state index contributed by atoms with van der Waals surface area (Å²) >= 11 is 0. The third kappa shape index (κ3) is 5.58. The fraction of sp³-hybridized carbons (Fsp3) is 0.130. The van der Waals surface area contributed by atoms with E-state index in [1.807, 2.05) is 6.07 Å². The Labute approximate surface area is 183 Å². The van der Waals surface area contributed by atoms with E-state index in [9.17, 15) is 14.0 Å². The molecular weight excluding hydrogens is 415 g/mol. The van der Waals surface area contributed by atoms with Gasteiger partial charge in [0.1, 0.15) is 22.9 Å². The van der Waals surface area contributed by atoms with Crippen LogP contribution in [0.1, 0.15) is 28.4 Å². The van der Waals surface area contributed by atoms with Crippen LogP contribution in [0.4, 0.5) is 4.39 Å². The van der Waals surface area contributed by atoms with E-state index < -0.39 is 23.7 Å². The minimum atomic E-state index is -0.905. The van der Waals surface area contributed by atoms with Crippen LogP contribution in [0.2, 0.25) is 0 Å². The van der Waals surface area contributed by atoms with Crippen LogP contribution in [0, 0.1) is 17.1 Å². The summed E-state index contributed by atoms with van der Waals surface area (Å²) in [6.07, 6.45) is 0.559. The summed E-state index contributed by atoms with van der Waals surface area (Å²) in [6, 6.07) is 15.6. The van der Waals surface area contributed by atoms with Crippen LogP contribution >= 0.6 is 0 Å². The van der Waals surface area contributed by atoms with Crippen molar-refractivity contribution in [1.82, 2.24) is 10.3 Å². The molecule has 0 bridgehead atoms. The Morgan fingerprint density at radius 2 is 2.00 bits per heavy atom. The first-order valence-corrected chi connectivity index (χ1v) is 9.53. The third-order valence-electron chi connectivity index (χ3n) is 4.37. The second kappa shape index (κ2) is 10.0. The summed E-state index contributed by atoms with van der Waals surface area (Å²) in [7, 11) is 0. The Morgan fingerprint density at radius 3 is 2.72 bits per heavy atom. The molecule has 162 valence electrons. The number of nitrogens with two attached hydrogens (primary N) is 1. The lowest BCUT2D eigenvalue weighted by molar-refractivity contribution is -0.123. The first-order chi connectivity index (χ1) is 15.4. The second-order valence-electron chi connectivity index (χ2n) is 6.70. The molecule has 0 fully saturated rings. The zero-order chi connectivity index (χ0) is 23.1. The maximum absolute atomic E-state index is 14.4. The van der Waals surface area contributed by atoms with Gasteiger partial charge in [-0.15, -0.1) is 0 Å². The highest BCUT2D eigenvalue weighted by molar-refractivity contribution is 5.96. The molecule has 1 aromatic heterocycles. The van der Waals surface area contributed by atoms with Gasteiger partial charge in [-0.3, -0.25) is 9.59 Å². The minimum absolute atomic E-state index is 0.0461. The van der Waals surface area contributed by atoms with Gasteiger partial charge in [0.15, 0.2) is 6.10 Å². The van der Waals surface area contributed by atoms with Crippen LogP contribution in [-0.2, 0) is 11.3 Å². The van der Waals surface area contributed by atoms with Crippen molar-refractivity contribution in [3.63, 3.8) is 0 Å². The van der Waals surface area contributed by atoms with Gasteiger partial charge in [-0.25, -0.2) is 9.37 Å². The standard InChI is InChI=1S/C23H19FN4O4/c1-14(21(26)29)31-18-8-7-16(20(24)11-18)13-28-22(30)19-6-3-9-27-23(19)32-17-5-2-4-15(10-17)12-25/h2-11,14H,13H2,1H3,(H2,26,29)(H,28,30). The van der Waals surface area contributed by atoms with Gasteiger partial charge in [0.25, 0.3) is 11.8 Å². The number of nitrogens with zero attached hydrogens (tertiary/aromatic N) is 2. The summed E-state index contributed by atoms with van der Waals surface area (Å²) in [4.78, 5) is 27.8. The Bertz CT molecular complexity index is 1190. The predicted molar refractivity (Wildman–Crippen MR) is 112 cm³/mol. The summed E-state index contributed by atoms with van der Waals surface area (Å²) in [5, 5.41) is 11.6. The Hall–Kier alpha value is -4.45. The first-order valence-electron chi connectivity index (χ1n) is 9.53. The summed E-state index contributed by atoms with van der Waals surface area (Å²) < 4.78 is 25.3. The summed E-state index contributed by atoms with van der Waals surface area (Å²) in [6.45, 7) is 1.35. The highest BCUT2D eigenvalue weighted by Crippen LogP contribution is 2.24. The number of carbonyl (C=O) groups excluding carboxylic acids is 2. The molecule has 0 aliphatic heterocycles. The van der Waals surface area contributed by atoms with Gasteiger partial charge < -0.3 is 20.5 Å². The summed E-state index contributed by atoms with van der Waals surface area (Å²) in [5.41, 5.74) is 5.89. The number of hydrogen-bond donors (Lipinski definition) is 2. The van der Waals surface area contributed by atoms with Crippen molar-refractivity contribution in [3.8, 4) is 23.4 Å². The molecule has 2 aromatic carbocycles. The van der Waals surface area contributed by atoms with Gasteiger partial charge in [-0.1, -0.05) is 12.1 Å². The van der Waals surface area contributed by atoms with Crippen molar-refractivity contribution in [2.24, 2.45) is 5.73 Å². The van der Waals surface area contributed by atoms with E-state index >= 15 is 0 Å². The predicted octanol–water partition coefficient (Wildman–Crippen LogP) is 3.07. The Balaban J connectivity index is 1.69. The van der Waals surface area contributed by atoms with E-state index in [1.165, 1.54) is 37.4 Å². The molecule has 32 heavy (non-hydrogen) atoms. The van der Waals surface area contributed by atoms with Crippen molar-refractivity contribution in [3.05, 3.63) is 83.3 Å². The molecule has 0 saturated heterocycles. The highest BCUT2D eigenvalue weighted by Gasteiger charge is 2.16. The van der Waals surface area contributed by atoms with Crippen LogP contribution in [-0.4, -0.2) is 22.9 Å². The van der Waals surface area contributed by atoms with Gasteiger partial charge >= 0.3 is 0 Å². The maximum atomic E-state index is 14.4. The molecular formula is C23H19FN4O4. The molecule has 3 aromatic rings. The fourth-order valence-electron chi connectivity index (χ4n) is 2.66. The number of primary amides is 1. The average Bonchev–Trinajstić information content (AvgIpc) is 2.78. The zero-order valence-corrected chi connectivity index (χ0v) is 17.0. The van der Waals surface area contributed by atoms with Crippen LogP contribution in [0.15, 0.2) is 60.8 Å². The number of carbonyl (C=O) groups is 2. The molecule has 1 unspecified atom stereocenters. The largest absolute Gasteiger partial charge is 0.481 e. The molecule has 2 amide bonds. The lowest BCUT2D eigenvalue weighted by Gasteiger charge is -2.13. The van der Waals surface area contributed by atoms with Crippen LogP contribution in [0.3, 0.4) is 0 Å². The molecule has 1 heterocycles. The number of nitrogens with one attached hydrogen (secondary N) is 1. The molecule has 0 aliphatic carbocycles. The minimum Gasteiger partial charge on any atom is -0.481 e. The van der Waals surface area contributed by atoms with Crippen LogP contribution < -0.4 is 20.5 Å². The fourth-order valence-corrected chi connectivity index (χ4v) is 2.66. The van der Waals surface area contributed by atoms with E-state index in [2.05, 4.69) is 10.3 Å². The number of amides is 2. The zero-order valence-electron chi connectivity index (χ0n) is 17.0. The topological polar surface area (TPSA) is 127 Å². The number of rotatable bonds is 8. The van der Waals surface area contributed by atoms with Crippen molar-refractivity contribution in [2.45, 2.75) is 19.6 Å². The average molecular weight is 434 g/mol. The normalized spacial score (nSPS) is 11.2. The lowest BCUT2D eigenvalue weighted by atomic mass is 10.2. The van der Waals surface area contributed by atoms with Crippen molar-refractivity contribution < 1.29 is 23.5 Å². The van der Waals surface area contributed by atoms with Gasteiger partial charge in [-0.05, 0) is 43.3 Å². The number of hydrogen-bond acceptors (Lipinski definition) is 6. The Morgan fingerprint density at radius 1 is 1.19 bits per heavy atom.